The van der Waals surface area contributed by atoms with Crippen LogP contribution in [0.15, 0.2) is 60.7 Å². The van der Waals surface area contributed by atoms with Crippen molar-refractivity contribution in [2.75, 3.05) is 77.4 Å². The quantitative estimate of drug-likeness (QED) is 0.0922. The number of alkyl carbamates (subject to hydrolysis) is 1. The predicted octanol–water partition coefficient (Wildman–Crippen LogP) is 4.02. The van der Waals surface area contributed by atoms with Crippen LogP contribution in [-0.4, -0.2) is 102 Å². The molecule has 3 N–H and O–H groups in total. The number of amides is 4. The SMILES string of the molecule is O=C(CCC(=O)NCCC(=O)N1Cc2ccccc2C#Cc2ccccc21)NCCOCCOCCOCCOCCNC(=O)OC1CCC=CCCC1. The first kappa shape index (κ1) is 42.0. The van der Waals surface area contributed by atoms with E-state index in [1.165, 1.54) is 0 Å². The molecule has 4 amide bonds. The average molecular weight is 747 g/mol. The molecule has 1 aliphatic heterocycles. The van der Waals surface area contributed by atoms with Gasteiger partial charge >= 0.3 is 6.09 Å². The first-order valence-electron chi connectivity index (χ1n) is 18.9. The van der Waals surface area contributed by atoms with E-state index in [4.69, 9.17) is 23.7 Å². The number of ether oxygens (including phenoxy) is 5. The molecular formula is C41H54N4O9. The van der Waals surface area contributed by atoms with E-state index in [1.54, 1.807) is 4.90 Å². The maximum atomic E-state index is 13.3. The summed E-state index contributed by atoms with van der Waals surface area (Å²) in [6, 6.07) is 15.3. The lowest BCUT2D eigenvalue weighted by atomic mass is 10.0. The minimum absolute atomic E-state index is 0.0187. The summed E-state index contributed by atoms with van der Waals surface area (Å²) in [7, 11) is 0. The van der Waals surface area contributed by atoms with Gasteiger partial charge in [-0.05, 0) is 55.9 Å². The van der Waals surface area contributed by atoms with Crippen LogP contribution in [0.5, 0.6) is 0 Å². The highest BCUT2D eigenvalue weighted by Crippen LogP contribution is 2.26. The van der Waals surface area contributed by atoms with Crippen LogP contribution in [0.2, 0.25) is 0 Å². The molecule has 1 unspecified atom stereocenters. The molecule has 2 aromatic carbocycles. The number of carbonyl (C=O) groups excluding carboxylic acids is 4. The molecule has 1 atom stereocenters. The number of benzene rings is 2. The predicted molar refractivity (Wildman–Crippen MR) is 204 cm³/mol. The van der Waals surface area contributed by atoms with Crippen molar-refractivity contribution in [3.63, 3.8) is 0 Å². The molecule has 4 rings (SSSR count). The van der Waals surface area contributed by atoms with Gasteiger partial charge < -0.3 is 44.5 Å². The summed E-state index contributed by atoms with van der Waals surface area (Å²) >= 11 is 0. The number of hydrogen-bond donors (Lipinski definition) is 3. The molecule has 2 aromatic rings. The molecule has 0 saturated heterocycles. The molecule has 0 spiro atoms. The van der Waals surface area contributed by atoms with E-state index in [0.717, 1.165) is 54.5 Å². The van der Waals surface area contributed by atoms with Gasteiger partial charge in [0.25, 0.3) is 0 Å². The summed E-state index contributed by atoms with van der Waals surface area (Å²) in [6.45, 7) is 4.37. The van der Waals surface area contributed by atoms with Gasteiger partial charge in [-0.1, -0.05) is 54.3 Å². The number of allylic oxidation sites excluding steroid dienone is 2. The van der Waals surface area contributed by atoms with Gasteiger partial charge in [-0.15, -0.1) is 0 Å². The third-order valence-electron chi connectivity index (χ3n) is 8.61. The smallest absolute Gasteiger partial charge is 0.407 e. The van der Waals surface area contributed by atoms with E-state index in [-0.39, 0.29) is 49.6 Å². The van der Waals surface area contributed by atoms with Crippen LogP contribution in [0.25, 0.3) is 0 Å². The second kappa shape index (κ2) is 25.3. The second-order valence-electron chi connectivity index (χ2n) is 12.7. The zero-order valence-electron chi connectivity index (χ0n) is 31.1. The number of nitrogens with zero attached hydrogens (tertiary/aromatic N) is 1. The Morgan fingerprint density at radius 3 is 1.93 bits per heavy atom. The lowest BCUT2D eigenvalue weighted by molar-refractivity contribution is -0.126. The van der Waals surface area contributed by atoms with Crippen LogP contribution in [0, 0.1) is 11.8 Å². The van der Waals surface area contributed by atoms with Crippen molar-refractivity contribution in [1.29, 1.82) is 0 Å². The highest BCUT2D eigenvalue weighted by atomic mass is 16.6. The Bertz CT molecular complexity index is 1570. The molecule has 0 bridgehead atoms. The largest absolute Gasteiger partial charge is 0.446 e. The summed E-state index contributed by atoms with van der Waals surface area (Å²) in [5, 5.41) is 8.21. The fourth-order valence-corrected chi connectivity index (χ4v) is 5.74. The molecule has 0 saturated carbocycles. The molecule has 0 fully saturated rings. The molecule has 0 aromatic heterocycles. The summed E-state index contributed by atoms with van der Waals surface area (Å²) in [5.74, 6) is 5.71. The van der Waals surface area contributed by atoms with Crippen molar-refractivity contribution in [1.82, 2.24) is 16.0 Å². The fourth-order valence-electron chi connectivity index (χ4n) is 5.74. The van der Waals surface area contributed by atoms with Gasteiger partial charge in [-0.2, -0.15) is 0 Å². The van der Waals surface area contributed by atoms with Gasteiger partial charge in [0, 0.05) is 50.0 Å². The van der Waals surface area contributed by atoms with Crippen LogP contribution >= 0.6 is 0 Å². The summed E-state index contributed by atoms with van der Waals surface area (Å²) in [6.07, 6.45) is 8.83. The minimum Gasteiger partial charge on any atom is -0.446 e. The number of anilines is 1. The van der Waals surface area contributed by atoms with E-state index in [1.807, 2.05) is 48.5 Å². The Labute approximate surface area is 318 Å². The van der Waals surface area contributed by atoms with Crippen molar-refractivity contribution in [2.24, 2.45) is 0 Å². The molecule has 13 nitrogen and oxygen atoms in total. The summed E-state index contributed by atoms with van der Waals surface area (Å²) < 4.78 is 27.4. The second-order valence-corrected chi connectivity index (χ2v) is 12.7. The highest BCUT2D eigenvalue weighted by molar-refractivity contribution is 5.95. The molecule has 1 heterocycles. The van der Waals surface area contributed by atoms with Crippen molar-refractivity contribution in [3.8, 4) is 11.8 Å². The number of hydrogen-bond acceptors (Lipinski definition) is 9. The Morgan fingerprint density at radius 1 is 0.630 bits per heavy atom. The number of rotatable bonds is 22. The topological polar surface area (TPSA) is 154 Å². The van der Waals surface area contributed by atoms with Crippen LogP contribution in [-0.2, 0) is 44.6 Å². The van der Waals surface area contributed by atoms with Crippen molar-refractivity contribution < 1.29 is 42.9 Å². The third kappa shape index (κ3) is 16.5. The van der Waals surface area contributed by atoms with Gasteiger partial charge in [-0.3, -0.25) is 14.4 Å². The molecular weight excluding hydrogens is 692 g/mol. The number of para-hydroxylation sites is 1. The van der Waals surface area contributed by atoms with Crippen LogP contribution in [0.1, 0.15) is 68.1 Å². The highest BCUT2D eigenvalue weighted by Gasteiger charge is 2.21. The van der Waals surface area contributed by atoms with E-state index in [0.29, 0.717) is 72.5 Å². The summed E-state index contributed by atoms with van der Waals surface area (Å²) in [4.78, 5) is 51.5. The summed E-state index contributed by atoms with van der Waals surface area (Å²) in [5.41, 5.74) is 3.36. The molecule has 2 aliphatic rings. The number of nitrogens with one attached hydrogen (secondary N) is 3. The van der Waals surface area contributed by atoms with Gasteiger partial charge in [-0.25, -0.2) is 4.79 Å². The molecule has 54 heavy (non-hydrogen) atoms. The monoisotopic (exact) mass is 746 g/mol. The van der Waals surface area contributed by atoms with E-state index in [9.17, 15) is 19.2 Å². The Hall–Kier alpha value is -4.74. The van der Waals surface area contributed by atoms with E-state index in [2.05, 4.69) is 39.9 Å². The lowest BCUT2D eigenvalue weighted by Gasteiger charge is -2.26. The Kier molecular flexibility index (Phi) is 19.7. The minimum atomic E-state index is -0.398. The standard InChI is InChI=1S/C41H54N4O9/c46-38(42-21-20-40(48)45-32-35-12-7-6-10-33(35)16-17-34-11-8-9-15-37(34)45)18-19-39(47)43-22-24-50-26-28-52-30-31-53-29-27-51-25-23-44-41(49)54-36-13-4-2-1-3-5-14-36/h1-2,6-12,15,36H,3-5,13-14,18-32H2,(H,42,46)(H,43,47)(H,44,49). The molecule has 1 aliphatic carbocycles. The number of carbonyl (C=O) groups is 4. The lowest BCUT2D eigenvalue weighted by Crippen LogP contribution is -2.35. The Balaban J connectivity index is 0.920. The maximum Gasteiger partial charge on any atom is 0.407 e. The van der Waals surface area contributed by atoms with Crippen LogP contribution in [0.4, 0.5) is 10.5 Å². The van der Waals surface area contributed by atoms with Gasteiger partial charge in [0.15, 0.2) is 0 Å². The average Bonchev–Trinajstić information content (AvgIpc) is 3.15. The van der Waals surface area contributed by atoms with E-state index >= 15 is 0 Å². The van der Waals surface area contributed by atoms with Crippen LogP contribution < -0.4 is 20.9 Å². The molecule has 292 valence electrons. The van der Waals surface area contributed by atoms with E-state index < -0.39 is 6.09 Å². The van der Waals surface area contributed by atoms with Crippen LogP contribution in [0.3, 0.4) is 0 Å². The zero-order chi connectivity index (χ0) is 38.1. The maximum absolute atomic E-state index is 13.3. The van der Waals surface area contributed by atoms with Gasteiger partial charge in [0.2, 0.25) is 17.7 Å². The van der Waals surface area contributed by atoms with Gasteiger partial charge in [0.1, 0.15) is 6.10 Å². The van der Waals surface area contributed by atoms with Crippen molar-refractivity contribution in [3.05, 3.63) is 77.4 Å². The first-order chi connectivity index (χ1) is 26.5. The van der Waals surface area contributed by atoms with Gasteiger partial charge in [0.05, 0.1) is 65.1 Å². The van der Waals surface area contributed by atoms with Crippen molar-refractivity contribution in [2.45, 2.75) is 64.0 Å². The third-order valence-corrected chi connectivity index (χ3v) is 8.61. The number of fused-ring (bicyclic) bond motifs is 2. The first-order valence-corrected chi connectivity index (χ1v) is 18.9. The molecule has 0 radical (unpaired) electrons. The Morgan fingerprint density at radius 2 is 1.20 bits per heavy atom. The fraction of sp³-hybridized carbons (Fsp3) is 0.512. The molecule has 13 heteroatoms. The van der Waals surface area contributed by atoms with Crippen molar-refractivity contribution >= 4 is 29.5 Å². The normalized spacial score (nSPS) is 14.8. The zero-order valence-corrected chi connectivity index (χ0v) is 31.1.